The number of rotatable bonds is 6. The summed E-state index contributed by atoms with van der Waals surface area (Å²) in [5, 5.41) is 2.74. The van der Waals surface area contributed by atoms with Gasteiger partial charge in [0.15, 0.2) is 0 Å². The first-order valence-corrected chi connectivity index (χ1v) is 8.93. The quantitative estimate of drug-likeness (QED) is 0.774. The average Bonchev–Trinajstić information content (AvgIpc) is 2.53. The highest BCUT2D eigenvalue weighted by molar-refractivity contribution is 7.89. The molecule has 0 spiro atoms. The van der Waals surface area contributed by atoms with Crippen LogP contribution in [0.5, 0.6) is 0 Å². The summed E-state index contributed by atoms with van der Waals surface area (Å²) in [5.74, 6) is -0.291. The zero-order valence-corrected chi connectivity index (χ0v) is 13.7. The van der Waals surface area contributed by atoms with Crippen molar-refractivity contribution in [1.29, 1.82) is 0 Å². The van der Waals surface area contributed by atoms with E-state index in [2.05, 4.69) is 5.32 Å². The van der Waals surface area contributed by atoms with E-state index in [1.54, 1.807) is 14.0 Å². The fraction of sp³-hybridized carbons (Fsp3) is 0.533. The summed E-state index contributed by atoms with van der Waals surface area (Å²) in [4.78, 5) is 12.4. The highest BCUT2D eigenvalue weighted by Crippen LogP contribution is 2.26. The van der Waals surface area contributed by atoms with Crippen LogP contribution in [-0.2, 0) is 32.5 Å². The number of nitrogens with zero attached hydrogens (tertiary/aromatic N) is 1. The summed E-state index contributed by atoms with van der Waals surface area (Å²) in [6.07, 6.45) is 0.397. The van der Waals surface area contributed by atoms with Crippen LogP contribution in [0.3, 0.4) is 0 Å². The van der Waals surface area contributed by atoms with E-state index < -0.39 is 16.1 Å². The molecule has 7 heteroatoms. The Morgan fingerprint density at radius 3 is 2.68 bits per heavy atom. The highest BCUT2D eigenvalue weighted by atomic mass is 32.2. The lowest BCUT2D eigenvalue weighted by Gasteiger charge is -2.34. The Bertz CT molecular complexity index is 630. The van der Waals surface area contributed by atoms with Gasteiger partial charge in [-0.2, -0.15) is 4.31 Å². The molecule has 0 saturated carbocycles. The molecule has 1 aliphatic heterocycles. The maximum Gasteiger partial charge on any atom is 0.238 e. The number of hydrogen-bond donors (Lipinski definition) is 1. The number of ether oxygens (including phenoxy) is 1. The van der Waals surface area contributed by atoms with Gasteiger partial charge in [-0.05, 0) is 24.5 Å². The van der Waals surface area contributed by atoms with Crippen LogP contribution in [0, 0.1) is 0 Å². The standard InChI is InChI=1S/C15H22N2O4S/c1-3-22(19,20)17-11-13-7-5-4-6-12(13)10-14(17)15(18)16-8-9-21-2/h4-7,14H,3,8-11H2,1-2H3,(H,16,18)/t14-/m1/s1. The normalized spacial score (nSPS) is 18.7. The summed E-state index contributed by atoms with van der Waals surface area (Å²) in [6.45, 7) is 2.60. The fourth-order valence-corrected chi connectivity index (χ4v) is 3.80. The summed E-state index contributed by atoms with van der Waals surface area (Å²) < 4.78 is 30.9. The molecule has 0 saturated heterocycles. The number of hydrogen-bond acceptors (Lipinski definition) is 4. The molecule has 1 aromatic carbocycles. The average molecular weight is 326 g/mol. The van der Waals surface area contributed by atoms with Gasteiger partial charge < -0.3 is 10.1 Å². The van der Waals surface area contributed by atoms with E-state index in [0.717, 1.165) is 11.1 Å². The highest BCUT2D eigenvalue weighted by Gasteiger charge is 2.37. The zero-order valence-electron chi connectivity index (χ0n) is 12.9. The van der Waals surface area contributed by atoms with Crippen molar-refractivity contribution in [2.75, 3.05) is 26.0 Å². The van der Waals surface area contributed by atoms with Gasteiger partial charge in [0.05, 0.1) is 12.4 Å². The largest absolute Gasteiger partial charge is 0.383 e. The van der Waals surface area contributed by atoms with Crippen molar-refractivity contribution in [1.82, 2.24) is 9.62 Å². The number of amides is 1. The minimum atomic E-state index is -3.45. The Kier molecular flexibility index (Phi) is 5.55. The Morgan fingerprint density at radius 2 is 2.05 bits per heavy atom. The molecule has 1 amide bonds. The lowest BCUT2D eigenvalue weighted by atomic mass is 9.95. The number of benzene rings is 1. The van der Waals surface area contributed by atoms with Crippen LogP contribution in [0.1, 0.15) is 18.1 Å². The molecule has 2 rings (SSSR count). The molecule has 1 aliphatic rings. The number of methoxy groups -OCH3 is 1. The van der Waals surface area contributed by atoms with Gasteiger partial charge in [0, 0.05) is 20.2 Å². The second-order valence-electron chi connectivity index (χ2n) is 5.22. The van der Waals surface area contributed by atoms with Crippen LogP contribution >= 0.6 is 0 Å². The van der Waals surface area contributed by atoms with Crippen LogP contribution < -0.4 is 5.32 Å². The number of carbonyl (C=O) groups is 1. The molecule has 1 atom stereocenters. The van der Waals surface area contributed by atoms with E-state index in [0.29, 0.717) is 19.6 Å². The van der Waals surface area contributed by atoms with Crippen LogP contribution in [0.2, 0.25) is 0 Å². The molecule has 0 radical (unpaired) electrons. The third-order valence-electron chi connectivity index (χ3n) is 3.84. The van der Waals surface area contributed by atoms with Gasteiger partial charge in [-0.1, -0.05) is 24.3 Å². The van der Waals surface area contributed by atoms with E-state index >= 15 is 0 Å². The van der Waals surface area contributed by atoms with Crippen LogP contribution in [0.4, 0.5) is 0 Å². The third-order valence-corrected chi connectivity index (χ3v) is 5.66. The van der Waals surface area contributed by atoms with Gasteiger partial charge in [0.1, 0.15) is 6.04 Å². The zero-order chi connectivity index (χ0) is 16.2. The lowest BCUT2D eigenvalue weighted by molar-refractivity contribution is -0.125. The van der Waals surface area contributed by atoms with E-state index in [9.17, 15) is 13.2 Å². The lowest BCUT2D eigenvalue weighted by Crippen LogP contribution is -2.53. The Balaban J connectivity index is 2.26. The van der Waals surface area contributed by atoms with E-state index in [1.807, 2.05) is 24.3 Å². The van der Waals surface area contributed by atoms with Crippen molar-refractivity contribution in [2.45, 2.75) is 25.9 Å². The molecule has 22 heavy (non-hydrogen) atoms. The molecule has 0 unspecified atom stereocenters. The third kappa shape index (κ3) is 3.66. The van der Waals surface area contributed by atoms with Crippen LogP contribution in [0.25, 0.3) is 0 Å². The molecule has 0 aromatic heterocycles. The van der Waals surface area contributed by atoms with Crippen molar-refractivity contribution >= 4 is 15.9 Å². The number of carbonyl (C=O) groups excluding carboxylic acids is 1. The molecule has 0 fully saturated rings. The van der Waals surface area contributed by atoms with E-state index in [4.69, 9.17) is 4.74 Å². The molecule has 122 valence electrons. The fourth-order valence-electron chi connectivity index (χ4n) is 2.57. The predicted molar refractivity (Wildman–Crippen MR) is 83.8 cm³/mol. The minimum Gasteiger partial charge on any atom is -0.383 e. The van der Waals surface area contributed by atoms with Gasteiger partial charge in [-0.25, -0.2) is 8.42 Å². The van der Waals surface area contributed by atoms with E-state index in [1.165, 1.54) is 4.31 Å². The van der Waals surface area contributed by atoms with E-state index in [-0.39, 0.29) is 18.2 Å². The Hall–Kier alpha value is -1.44. The topological polar surface area (TPSA) is 75.7 Å². The van der Waals surface area contributed by atoms with Crippen molar-refractivity contribution in [3.63, 3.8) is 0 Å². The number of sulfonamides is 1. The second kappa shape index (κ2) is 7.21. The maximum absolute atomic E-state index is 12.4. The molecule has 1 heterocycles. The van der Waals surface area contributed by atoms with Crippen LogP contribution in [0.15, 0.2) is 24.3 Å². The summed E-state index contributed by atoms with van der Waals surface area (Å²) in [7, 11) is -1.90. The predicted octanol–water partition coefficient (Wildman–Crippen LogP) is 0.526. The Morgan fingerprint density at radius 1 is 1.36 bits per heavy atom. The molecule has 1 N–H and O–H groups in total. The number of nitrogens with one attached hydrogen (secondary N) is 1. The van der Waals surface area contributed by atoms with Gasteiger partial charge in [-0.15, -0.1) is 0 Å². The first-order valence-electron chi connectivity index (χ1n) is 7.32. The van der Waals surface area contributed by atoms with Gasteiger partial charge >= 0.3 is 0 Å². The van der Waals surface area contributed by atoms with Gasteiger partial charge in [0.25, 0.3) is 0 Å². The SMILES string of the molecule is CCS(=O)(=O)N1Cc2ccccc2C[C@@H]1C(=O)NCCOC. The van der Waals surface area contributed by atoms with Crippen molar-refractivity contribution in [3.8, 4) is 0 Å². The molecule has 0 bridgehead atoms. The summed E-state index contributed by atoms with van der Waals surface area (Å²) in [5.41, 5.74) is 1.98. The molecule has 1 aromatic rings. The molecule has 6 nitrogen and oxygen atoms in total. The first kappa shape index (κ1) is 16.9. The molecule has 0 aliphatic carbocycles. The summed E-state index contributed by atoms with van der Waals surface area (Å²) >= 11 is 0. The maximum atomic E-state index is 12.4. The van der Waals surface area contributed by atoms with Gasteiger partial charge in [-0.3, -0.25) is 4.79 Å². The van der Waals surface area contributed by atoms with Crippen LogP contribution in [-0.4, -0.2) is 50.7 Å². The van der Waals surface area contributed by atoms with Gasteiger partial charge in [0.2, 0.25) is 15.9 Å². The van der Waals surface area contributed by atoms with Crippen molar-refractivity contribution < 1.29 is 17.9 Å². The minimum absolute atomic E-state index is 0.0168. The monoisotopic (exact) mass is 326 g/mol. The molecular formula is C15H22N2O4S. The summed E-state index contributed by atoms with van der Waals surface area (Å²) in [6, 6.07) is 6.95. The first-order chi connectivity index (χ1) is 10.5. The second-order valence-corrected chi connectivity index (χ2v) is 7.43. The van der Waals surface area contributed by atoms with Crippen molar-refractivity contribution in [2.24, 2.45) is 0 Å². The Labute approximate surface area is 131 Å². The number of fused-ring (bicyclic) bond motifs is 1. The molecular weight excluding hydrogens is 304 g/mol. The smallest absolute Gasteiger partial charge is 0.238 e. The van der Waals surface area contributed by atoms with Crippen molar-refractivity contribution in [3.05, 3.63) is 35.4 Å².